The highest BCUT2D eigenvalue weighted by Crippen LogP contribution is 2.27. The van der Waals surface area contributed by atoms with Gasteiger partial charge in [0.05, 0.1) is 0 Å². The Morgan fingerprint density at radius 1 is 1.33 bits per heavy atom. The zero-order valence-electron chi connectivity index (χ0n) is 9.64. The summed E-state index contributed by atoms with van der Waals surface area (Å²) in [6.45, 7) is 0.635. The minimum Gasteiger partial charge on any atom is -0.507 e. The third-order valence-electron chi connectivity index (χ3n) is 2.73. The van der Waals surface area contributed by atoms with Crippen molar-refractivity contribution in [2.75, 3.05) is 11.9 Å². The topological polar surface area (TPSA) is 98.7 Å². The molecule has 0 saturated heterocycles. The molecule has 0 spiro atoms. The van der Waals surface area contributed by atoms with E-state index in [0.717, 1.165) is 12.8 Å². The fraction of sp³-hybridized carbons (Fsp3) is 0.333. The molecule has 6 nitrogen and oxygen atoms in total. The van der Waals surface area contributed by atoms with Gasteiger partial charge in [-0.3, -0.25) is 0 Å². The van der Waals surface area contributed by atoms with E-state index >= 15 is 0 Å². The molecule has 2 amide bonds. The van der Waals surface area contributed by atoms with Crippen molar-refractivity contribution in [2.24, 2.45) is 5.92 Å². The SMILES string of the molecule is O=C(NCC1CC1)Nc1ccc(O)c(C(=O)O)c1. The van der Waals surface area contributed by atoms with Crippen molar-refractivity contribution in [2.45, 2.75) is 12.8 Å². The lowest BCUT2D eigenvalue weighted by atomic mass is 10.2. The van der Waals surface area contributed by atoms with Crippen molar-refractivity contribution in [3.05, 3.63) is 23.8 Å². The van der Waals surface area contributed by atoms with Crippen molar-refractivity contribution in [3.63, 3.8) is 0 Å². The molecule has 1 fully saturated rings. The number of nitrogens with one attached hydrogen (secondary N) is 2. The number of carbonyl (C=O) groups is 2. The maximum absolute atomic E-state index is 11.5. The van der Waals surface area contributed by atoms with Gasteiger partial charge in [-0.2, -0.15) is 0 Å². The van der Waals surface area contributed by atoms with Crippen LogP contribution in [0.4, 0.5) is 10.5 Å². The van der Waals surface area contributed by atoms with Crippen LogP contribution in [0.25, 0.3) is 0 Å². The van der Waals surface area contributed by atoms with Gasteiger partial charge in [0.2, 0.25) is 0 Å². The van der Waals surface area contributed by atoms with Crippen LogP contribution in [0, 0.1) is 5.92 Å². The number of aromatic carboxylic acids is 1. The number of hydrogen-bond donors (Lipinski definition) is 4. The molecule has 1 aliphatic carbocycles. The predicted octanol–water partition coefficient (Wildman–Crippen LogP) is 1.62. The third-order valence-corrected chi connectivity index (χ3v) is 2.73. The first-order valence-corrected chi connectivity index (χ1v) is 5.67. The lowest BCUT2D eigenvalue weighted by molar-refractivity contribution is 0.0693. The molecule has 0 heterocycles. The molecule has 0 aromatic heterocycles. The molecule has 1 aliphatic rings. The van der Waals surface area contributed by atoms with Gasteiger partial charge < -0.3 is 20.8 Å². The number of carboxylic acids is 1. The number of rotatable bonds is 4. The second-order valence-corrected chi connectivity index (χ2v) is 4.32. The normalized spacial score (nSPS) is 14.0. The quantitative estimate of drug-likeness (QED) is 0.610. The van der Waals surface area contributed by atoms with Crippen LogP contribution in [0.2, 0.25) is 0 Å². The summed E-state index contributed by atoms with van der Waals surface area (Å²) in [5, 5.41) is 23.4. The number of urea groups is 1. The van der Waals surface area contributed by atoms with Gasteiger partial charge in [0, 0.05) is 12.2 Å². The van der Waals surface area contributed by atoms with Gasteiger partial charge in [-0.05, 0) is 37.0 Å². The number of hydrogen-bond acceptors (Lipinski definition) is 3. The molecule has 6 heteroatoms. The first-order valence-electron chi connectivity index (χ1n) is 5.67. The predicted molar refractivity (Wildman–Crippen MR) is 64.8 cm³/mol. The van der Waals surface area contributed by atoms with Gasteiger partial charge in [-0.15, -0.1) is 0 Å². The molecular weight excluding hydrogens is 236 g/mol. The third kappa shape index (κ3) is 3.13. The molecule has 0 atom stereocenters. The van der Waals surface area contributed by atoms with Crippen molar-refractivity contribution >= 4 is 17.7 Å². The van der Waals surface area contributed by atoms with Crippen molar-refractivity contribution in [1.82, 2.24) is 5.32 Å². The Bertz CT molecular complexity index is 483. The highest BCUT2D eigenvalue weighted by Gasteiger charge is 2.21. The molecule has 1 saturated carbocycles. The fourth-order valence-corrected chi connectivity index (χ4v) is 1.52. The molecule has 1 aromatic rings. The number of amides is 2. The Balaban J connectivity index is 1.97. The number of carboxylic acid groups (broad SMARTS) is 1. The smallest absolute Gasteiger partial charge is 0.339 e. The first kappa shape index (κ1) is 12.2. The summed E-state index contributed by atoms with van der Waals surface area (Å²) in [6, 6.07) is 3.52. The second-order valence-electron chi connectivity index (χ2n) is 4.32. The molecule has 0 unspecified atom stereocenters. The van der Waals surface area contributed by atoms with Crippen LogP contribution in [-0.4, -0.2) is 28.8 Å². The number of benzene rings is 1. The van der Waals surface area contributed by atoms with Crippen LogP contribution in [0.3, 0.4) is 0 Å². The van der Waals surface area contributed by atoms with Gasteiger partial charge in [0.15, 0.2) is 0 Å². The second kappa shape index (κ2) is 4.95. The van der Waals surface area contributed by atoms with E-state index < -0.39 is 5.97 Å². The van der Waals surface area contributed by atoms with Gasteiger partial charge in [0.1, 0.15) is 11.3 Å². The summed E-state index contributed by atoms with van der Waals surface area (Å²) >= 11 is 0. The van der Waals surface area contributed by atoms with Crippen LogP contribution < -0.4 is 10.6 Å². The van der Waals surface area contributed by atoms with Crippen LogP contribution >= 0.6 is 0 Å². The molecule has 0 bridgehead atoms. The number of anilines is 1. The largest absolute Gasteiger partial charge is 0.507 e. The lowest BCUT2D eigenvalue weighted by Crippen LogP contribution is -2.30. The maximum Gasteiger partial charge on any atom is 0.339 e. The molecule has 0 aliphatic heterocycles. The fourth-order valence-electron chi connectivity index (χ4n) is 1.52. The molecule has 4 N–H and O–H groups in total. The Morgan fingerprint density at radius 2 is 2.06 bits per heavy atom. The van der Waals surface area contributed by atoms with Gasteiger partial charge in [-0.1, -0.05) is 0 Å². The van der Waals surface area contributed by atoms with E-state index in [1.807, 2.05) is 0 Å². The van der Waals surface area contributed by atoms with Gasteiger partial charge >= 0.3 is 12.0 Å². The minimum absolute atomic E-state index is 0.241. The summed E-state index contributed by atoms with van der Waals surface area (Å²) < 4.78 is 0. The van der Waals surface area contributed by atoms with E-state index in [2.05, 4.69) is 10.6 Å². The molecule has 18 heavy (non-hydrogen) atoms. The van der Waals surface area contributed by atoms with E-state index in [4.69, 9.17) is 5.11 Å². The van der Waals surface area contributed by atoms with Crippen molar-refractivity contribution < 1.29 is 19.8 Å². The summed E-state index contributed by atoms with van der Waals surface area (Å²) in [7, 11) is 0. The Hall–Kier alpha value is -2.24. The summed E-state index contributed by atoms with van der Waals surface area (Å²) in [6.07, 6.45) is 2.28. The molecule has 0 radical (unpaired) electrons. The van der Waals surface area contributed by atoms with E-state index in [0.29, 0.717) is 18.2 Å². The average Bonchev–Trinajstić information content (AvgIpc) is 3.12. The number of phenols is 1. The van der Waals surface area contributed by atoms with Crippen molar-refractivity contribution in [1.29, 1.82) is 0 Å². The number of aromatic hydroxyl groups is 1. The maximum atomic E-state index is 11.5. The van der Waals surface area contributed by atoms with Crippen LogP contribution in [0.15, 0.2) is 18.2 Å². The zero-order chi connectivity index (χ0) is 13.1. The summed E-state index contributed by atoms with van der Waals surface area (Å²) in [5.74, 6) is -0.994. The van der Waals surface area contributed by atoms with Crippen LogP contribution in [0.1, 0.15) is 23.2 Å². The van der Waals surface area contributed by atoms with E-state index in [-0.39, 0.29) is 17.3 Å². The molecular formula is C12H14N2O4. The van der Waals surface area contributed by atoms with E-state index in [1.165, 1.54) is 18.2 Å². The molecule has 1 aromatic carbocycles. The summed E-state index contributed by atoms with van der Waals surface area (Å²) in [5.41, 5.74) is 0.0912. The van der Waals surface area contributed by atoms with E-state index in [9.17, 15) is 14.7 Å². The van der Waals surface area contributed by atoms with Crippen LogP contribution in [-0.2, 0) is 0 Å². The van der Waals surface area contributed by atoms with E-state index in [1.54, 1.807) is 0 Å². The summed E-state index contributed by atoms with van der Waals surface area (Å²) in [4.78, 5) is 22.3. The highest BCUT2D eigenvalue weighted by molar-refractivity contribution is 5.95. The minimum atomic E-state index is -1.24. The van der Waals surface area contributed by atoms with Crippen LogP contribution in [0.5, 0.6) is 5.75 Å². The lowest BCUT2D eigenvalue weighted by Gasteiger charge is -2.08. The standard InChI is InChI=1S/C12H14N2O4/c15-10-4-3-8(5-9(10)11(16)17)14-12(18)13-6-7-1-2-7/h3-5,7,15H,1-2,6H2,(H,16,17)(H2,13,14,18). The van der Waals surface area contributed by atoms with Gasteiger partial charge in [0.25, 0.3) is 0 Å². The molecule has 96 valence electrons. The molecule has 2 rings (SSSR count). The Kier molecular flexibility index (Phi) is 3.36. The monoisotopic (exact) mass is 250 g/mol. The average molecular weight is 250 g/mol. The zero-order valence-corrected chi connectivity index (χ0v) is 9.64. The number of carbonyl (C=O) groups excluding carboxylic acids is 1. The Morgan fingerprint density at radius 3 is 2.67 bits per heavy atom. The highest BCUT2D eigenvalue weighted by atomic mass is 16.4. The van der Waals surface area contributed by atoms with Gasteiger partial charge in [-0.25, -0.2) is 9.59 Å². The van der Waals surface area contributed by atoms with Crippen molar-refractivity contribution in [3.8, 4) is 5.75 Å². The Labute approximate surface area is 104 Å². The first-order chi connectivity index (χ1) is 8.56.